The maximum Gasteiger partial charge on any atom is 0.201 e. The number of benzene rings is 1. The molecule has 0 saturated heterocycles. The van der Waals surface area contributed by atoms with Crippen LogP contribution in [0.2, 0.25) is 0 Å². The molecular formula is C12H12N4OS. The first-order valence-electron chi connectivity index (χ1n) is 5.45. The summed E-state index contributed by atoms with van der Waals surface area (Å²) in [6, 6.07) is 5.74. The van der Waals surface area contributed by atoms with Crippen molar-refractivity contribution in [2.75, 3.05) is 12.8 Å². The van der Waals surface area contributed by atoms with Gasteiger partial charge in [-0.25, -0.2) is 9.97 Å². The number of anilines is 1. The number of fused-ring (bicyclic) bond motifs is 1. The van der Waals surface area contributed by atoms with Gasteiger partial charge in [0.1, 0.15) is 5.75 Å². The van der Waals surface area contributed by atoms with Gasteiger partial charge in [-0.3, -0.25) is 0 Å². The maximum absolute atomic E-state index is 5.95. The number of nitrogen functional groups attached to an aromatic ring is 1. The van der Waals surface area contributed by atoms with Crippen molar-refractivity contribution in [3.8, 4) is 5.75 Å². The largest absolute Gasteiger partial charge is 0.497 e. The van der Waals surface area contributed by atoms with Crippen LogP contribution in [0.4, 0.5) is 5.95 Å². The zero-order chi connectivity index (χ0) is 12.5. The number of thiazole rings is 1. The number of hydrogen-bond donors (Lipinski definition) is 1. The lowest BCUT2D eigenvalue weighted by atomic mass is 10.3. The minimum Gasteiger partial charge on any atom is -0.497 e. The van der Waals surface area contributed by atoms with Crippen molar-refractivity contribution in [2.45, 2.75) is 6.54 Å². The van der Waals surface area contributed by atoms with E-state index in [0.29, 0.717) is 12.5 Å². The third-order valence-electron chi connectivity index (χ3n) is 2.79. The number of imidazole rings is 1. The highest BCUT2D eigenvalue weighted by molar-refractivity contribution is 7.07. The summed E-state index contributed by atoms with van der Waals surface area (Å²) in [4.78, 5) is 8.60. The van der Waals surface area contributed by atoms with E-state index in [1.165, 1.54) is 0 Å². The molecule has 0 amide bonds. The molecule has 92 valence electrons. The smallest absolute Gasteiger partial charge is 0.201 e. The molecule has 0 radical (unpaired) electrons. The lowest BCUT2D eigenvalue weighted by molar-refractivity contribution is 0.415. The number of nitrogens with zero attached hydrogens (tertiary/aromatic N) is 3. The highest BCUT2D eigenvalue weighted by Crippen LogP contribution is 2.23. The maximum atomic E-state index is 5.95. The van der Waals surface area contributed by atoms with Crippen molar-refractivity contribution in [3.63, 3.8) is 0 Å². The van der Waals surface area contributed by atoms with Gasteiger partial charge in [0.25, 0.3) is 0 Å². The Kier molecular flexibility index (Phi) is 2.64. The fraction of sp³-hybridized carbons (Fsp3) is 0.167. The SMILES string of the molecule is COc1ccc2c(c1)nc(N)n2Cc1cscn1. The molecule has 5 nitrogen and oxygen atoms in total. The second-order valence-electron chi connectivity index (χ2n) is 3.89. The van der Waals surface area contributed by atoms with Crippen LogP contribution in [0.3, 0.4) is 0 Å². The Morgan fingerprint density at radius 3 is 3.06 bits per heavy atom. The van der Waals surface area contributed by atoms with Gasteiger partial charge < -0.3 is 15.0 Å². The van der Waals surface area contributed by atoms with E-state index in [1.54, 1.807) is 18.4 Å². The Labute approximate surface area is 108 Å². The summed E-state index contributed by atoms with van der Waals surface area (Å²) in [5.41, 5.74) is 10.6. The number of nitrogens with two attached hydrogens (primary N) is 1. The fourth-order valence-corrected chi connectivity index (χ4v) is 2.45. The van der Waals surface area contributed by atoms with Crippen molar-refractivity contribution < 1.29 is 4.74 Å². The van der Waals surface area contributed by atoms with Gasteiger partial charge in [-0.15, -0.1) is 11.3 Å². The molecular weight excluding hydrogens is 248 g/mol. The molecule has 2 N–H and O–H groups in total. The van der Waals surface area contributed by atoms with Gasteiger partial charge in [0, 0.05) is 11.4 Å². The molecule has 3 aromatic rings. The van der Waals surface area contributed by atoms with E-state index in [1.807, 2.05) is 33.7 Å². The third-order valence-corrected chi connectivity index (χ3v) is 3.42. The molecule has 0 spiro atoms. The van der Waals surface area contributed by atoms with Gasteiger partial charge in [-0.2, -0.15) is 0 Å². The van der Waals surface area contributed by atoms with Crippen LogP contribution in [0, 0.1) is 0 Å². The zero-order valence-electron chi connectivity index (χ0n) is 9.83. The van der Waals surface area contributed by atoms with Gasteiger partial charge in [0.15, 0.2) is 0 Å². The summed E-state index contributed by atoms with van der Waals surface area (Å²) in [6.45, 7) is 0.637. The van der Waals surface area contributed by atoms with E-state index in [0.717, 1.165) is 22.5 Å². The van der Waals surface area contributed by atoms with Crippen LogP contribution >= 0.6 is 11.3 Å². The number of methoxy groups -OCH3 is 1. The molecule has 3 rings (SSSR count). The van der Waals surface area contributed by atoms with Gasteiger partial charge in [0.05, 0.1) is 35.9 Å². The Bertz CT molecular complexity index is 675. The quantitative estimate of drug-likeness (QED) is 0.783. The van der Waals surface area contributed by atoms with Gasteiger partial charge in [-0.05, 0) is 12.1 Å². The highest BCUT2D eigenvalue weighted by atomic mass is 32.1. The first kappa shape index (κ1) is 11.0. The molecule has 18 heavy (non-hydrogen) atoms. The standard InChI is InChI=1S/C12H12N4OS/c1-17-9-2-3-11-10(4-9)15-12(13)16(11)5-8-6-18-7-14-8/h2-4,6-7H,5H2,1H3,(H2,13,15). The summed E-state index contributed by atoms with van der Waals surface area (Å²) in [7, 11) is 1.64. The summed E-state index contributed by atoms with van der Waals surface area (Å²) in [5.74, 6) is 1.27. The van der Waals surface area contributed by atoms with Crippen molar-refractivity contribution >= 4 is 28.3 Å². The van der Waals surface area contributed by atoms with Crippen LogP contribution in [0.1, 0.15) is 5.69 Å². The summed E-state index contributed by atoms with van der Waals surface area (Å²) in [5, 5.41) is 2.01. The number of hydrogen-bond acceptors (Lipinski definition) is 5. The number of rotatable bonds is 3. The van der Waals surface area contributed by atoms with E-state index >= 15 is 0 Å². The zero-order valence-corrected chi connectivity index (χ0v) is 10.6. The molecule has 0 aliphatic heterocycles. The Morgan fingerprint density at radius 1 is 1.44 bits per heavy atom. The van der Waals surface area contributed by atoms with E-state index in [2.05, 4.69) is 9.97 Å². The average Bonchev–Trinajstić information content (AvgIpc) is 2.98. The van der Waals surface area contributed by atoms with Crippen molar-refractivity contribution in [1.29, 1.82) is 0 Å². The molecule has 0 bridgehead atoms. The summed E-state index contributed by atoms with van der Waals surface area (Å²) < 4.78 is 7.12. The van der Waals surface area contributed by atoms with Crippen LogP contribution < -0.4 is 10.5 Å². The van der Waals surface area contributed by atoms with E-state index in [4.69, 9.17) is 10.5 Å². The minimum atomic E-state index is 0.492. The normalized spacial score (nSPS) is 10.9. The molecule has 2 heterocycles. The molecule has 0 saturated carbocycles. The predicted molar refractivity (Wildman–Crippen MR) is 71.9 cm³/mol. The Morgan fingerprint density at radius 2 is 2.33 bits per heavy atom. The van der Waals surface area contributed by atoms with E-state index in [9.17, 15) is 0 Å². The van der Waals surface area contributed by atoms with Crippen LogP contribution in [-0.2, 0) is 6.54 Å². The van der Waals surface area contributed by atoms with Gasteiger partial charge in [-0.1, -0.05) is 0 Å². The Balaban J connectivity index is 2.08. The second-order valence-corrected chi connectivity index (χ2v) is 4.61. The molecule has 1 aromatic carbocycles. The van der Waals surface area contributed by atoms with Crippen molar-refractivity contribution in [3.05, 3.63) is 34.8 Å². The van der Waals surface area contributed by atoms with Crippen molar-refractivity contribution in [2.24, 2.45) is 0 Å². The fourth-order valence-electron chi connectivity index (χ4n) is 1.90. The molecule has 6 heteroatoms. The molecule has 0 fully saturated rings. The van der Waals surface area contributed by atoms with Crippen LogP contribution in [0.15, 0.2) is 29.1 Å². The summed E-state index contributed by atoms with van der Waals surface area (Å²) in [6.07, 6.45) is 0. The Hall–Kier alpha value is -2.08. The lowest BCUT2D eigenvalue weighted by Gasteiger charge is -2.04. The number of ether oxygens (including phenoxy) is 1. The monoisotopic (exact) mass is 260 g/mol. The summed E-state index contributed by atoms with van der Waals surface area (Å²) >= 11 is 1.57. The number of aromatic nitrogens is 3. The van der Waals surface area contributed by atoms with Gasteiger partial charge >= 0.3 is 0 Å². The van der Waals surface area contributed by atoms with E-state index < -0.39 is 0 Å². The molecule has 0 aliphatic rings. The molecule has 0 aliphatic carbocycles. The predicted octanol–water partition coefficient (Wildman–Crippen LogP) is 2.13. The van der Waals surface area contributed by atoms with Gasteiger partial charge in [0.2, 0.25) is 5.95 Å². The third kappa shape index (κ3) is 1.80. The average molecular weight is 260 g/mol. The van der Waals surface area contributed by atoms with Crippen LogP contribution in [-0.4, -0.2) is 21.6 Å². The molecule has 0 atom stereocenters. The lowest BCUT2D eigenvalue weighted by Crippen LogP contribution is -2.04. The minimum absolute atomic E-state index is 0.492. The molecule has 2 aromatic heterocycles. The topological polar surface area (TPSA) is 66.0 Å². The van der Waals surface area contributed by atoms with Crippen LogP contribution in [0.25, 0.3) is 11.0 Å². The first-order chi connectivity index (χ1) is 8.78. The molecule has 0 unspecified atom stereocenters. The first-order valence-corrected chi connectivity index (χ1v) is 6.39. The van der Waals surface area contributed by atoms with E-state index in [-0.39, 0.29) is 0 Å². The highest BCUT2D eigenvalue weighted by Gasteiger charge is 2.10. The van der Waals surface area contributed by atoms with Crippen LogP contribution in [0.5, 0.6) is 5.75 Å². The second kappa shape index (κ2) is 4.30. The van der Waals surface area contributed by atoms with Crippen molar-refractivity contribution in [1.82, 2.24) is 14.5 Å².